The number of hydrogen-bond donors (Lipinski definition) is 2. The summed E-state index contributed by atoms with van der Waals surface area (Å²) in [6, 6.07) is 4.68. The minimum atomic E-state index is -1.67. The van der Waals surface area contributed by atoms with Gasteiger partial charge in [0.05, 0.1) is 19.2 Å². The molecule has 1 heterocycles. The molecule has 114 valence electrons. The number of benzene rings is 1. The van der Waals surface area contributed by atoms with Crippen molar-refractivity contribution in [3.8, 4) is 5.75 Å². The predicted molar refractivity (Wildman–Crippen MR) is 77.3 cm³/mol. The molecule has 1 aromatic rings. The Bertz CT molecular complexity index is 578. The number of nitrogens with zero attached hydrogens (tertiary/aromatic N) is 1. The normalized spacial score (nSPS) is 22.0. The second-order valence-electron chi connectivity index (χ2n) is 5.07. The Morgan fingerprint density at radius 2 is 2.19 bits per heavy atom. The van der Waals surface area contributed by atoms with Crippen LogP contribution in [0.2, 0.25) is 5.02 Å². The number of rotatable bonds is 3. The molecular formula is C14H17ClN2O4. The molecule has 1 aromatic carbocycles. The average Bonchev–Trinajstić information content (AvgIpc) is 2.46. The van der Waals surface area contributed by atoms with Gasteiger partial charge in [-0.3, -0.25) is 9.59 Å². The summed E-state index contributed by atoms with van der Waals surface area (Å²) in [5, 5.41) is 10.6. The first-order chi connectivity index (χ1) is 9.87. The summed E-state index contributed by atoms with van der Waals surface area (Å²) in [5.41, 5.74) is 3.87. The van der Waals surface area contributed by atoms with Crippen molar-refractivity contribution in [2.24, 2.45) is 5.73 Å². The number of piperidine rings is 1. The highest BCUT2D eigenvalue weighted by molar-refractivity contribution is 6.30. The zero-order chi connectivity index (χ0) is 15.6. The fourth-order valence-electron chi connectivity index (χ4n) is 2.42. The maximum Gasteiger partial charge on any atom is 0.257 e. The number of ether oxygens (including phenoxy) is 1. The van der Waals surface area contributed by atoms with Gasteiger partial charge in [-0.15, -0.1) is 0 Å². The third kappa shape index (κ3) is 3.11. The van der Waals surface area contributed by atoms with Crippen molar-refractivity contribution in [2.75, 3.05) is 20.2 Å². The molecule has 1 aliphatic heterocycles. The maximum absolute atomic E-state index is 12.5. The van der Waals surface area contributed by atoms with Gasteiger partial charge in [-0.05, 0) is 31.0 Å². The summed E-state index contributed by atoms with van der Waals surface area (Å²) in [6.45, 7) is 0.327. The number of methoxy groups -OCH3 is 1. The number of nitrogens with two attached hydrogens (primary N) is 1. The van der Waals surface area contributed by atoms with Crippen LogP contribution in [0.15, 0.2) is 18.2 Å². The molecular weight excluding hydrogens is 296 g/mol. The van der Waals surface area contributed by atoms with Crippen molar-refractivity contribution in [2.45, 2.75) is 18.4 Å². The second kappa shape index (κ2) is 5.91. The fourth-order valence-corrected chi connectivity index (χ4v) is 2.58. The number of amides is 2. The molecule has 0 saturated carbocycles. The minimum absolute atomic E-state index is 0.118. The molecule has 2 amide bonds. The van der Waals surface area contributed by atoms with E-state index in [4.69, 9.17) is 22.1 Å². The van der Waals surface area contributed by atoms with Gasteiger partial charge in [0.25, 0.3) is 11.8 Å². The van der Waals surface area contributed by atoms with E-state index in [0.717, 1.165) is 0 Å². The largest absolute Gasteiger partial charge is 0.496 e. The van der Waals surface area contributed by atoms with E-state index in [1.807, 2.05) is 0 Å². The Hall–Kier alpha value is -1.79. The van der Waals surface area contributed by atoms with E-state index in [1.54, 1.807) is 18.2 Å². The molecule has 1 fully saturated rings. The van der Waals surface area contributed by atoms with Crippen LogP contribution in [0.5, 0.6) is 5.75 Å². The summed E-state index contributed by atoms with van der Waals surface area (Å²) in [4.78, 5) is 25.3. The molecule has 21 heavy (non-hydrogen) atoms. The van der Waals surface area contributed by atoms with E-state index in [9.17, 15) is 14.7 Å². The van der Waals surface area contributed by atoms with Crippen LogP contribution in [0.25, 0.3) is 0 Å². The van der Waals surface area contributed by atoms with Crippen LogP contribution in [0, 0.1) is 0 Å². The molecule has 0 radical (unpaired) electrons. The lowest BCUT2D eigenvalue weighted by atomic mass is 9.91. The molecule has 1 atom stereocenters. The highest BCUT2D eigenvalue weighted by Gasteiger charge is 2.40. The first-order valence-electron chi connectivity index (χ1n) is 6.52. The fraction of sp³-hybridized carbons (Fsp3) is 0.429. The number of β-amino-alcohol motifs (C(OH)–C–C–N with tert-alkyl or cyclic N) is 1. The van der Waals surface area contributed by atoms with Crippen molar-refractivity contribution < 1.29 is 19.4 Å². The summed E-state index contributed by atoms with van der Waals surface area (Å²) in [6.07, 6.45) is 0.755. The van der Waals surface area contributed by atoms with Crippen LogP contribution in [0.1, 0.15) is 23.2 Å². The smallest absolute Gasteiger partial charge is 0.257 e. The molecule has 6 nitrogen and oxygen atoms in total. The van der Waals surface area contributed by atoms with Crippen molar-refractivity contribution in [1.82, 2.24) is 4.90 Å². The van der Waals surface area contributed by atoms with Gasteiger partial charge < -0.3 is 20.5 Å². The minimum Gasteiger partial charge on any atom is -0.496 e. The van der Waals surface area contributed by atoms with Gasteiger partial charge in [-0.1, -0.05) is 11.6 Å². The van der Waals surface area contributed by atoms with Crippen molar-refractivity contribution in [3.63, 3.8) is 0 Å². The van der Waals surface area contributed by atoms with Gasteiger partial charge in [-0.25, -0.2) is 0 Å². The number of likely N-dealkylation sites (tertiary alicyclic amines) is 1. The molecule has 0 unspecified atom stereocenters. The lowest BCUT2D eigenvalue weighted by molar-refractivity contribution is -0.140. The van der Waals surface area contributed by atoms with Gasteiger partial charge in [0.1, 0.15) is 5.75 Å². The Morgan fingerprint density at radius 3 is 2.81 bits per heavy atom. The highest BCUT2D eigenvalue weighted by Crippen LogP contribution is 2.27. The number of hydrogen-bond acceptors (Lipinski definition) is 4. The third-order valence-electron chi connectivity index (χ3n) is 3.61. The van der Waals surface area contributed by atoms with Gasteiger partial charge in [0.2, 0.25) is 0 Å². The summed E-state index contributed by atoms with van der Waals surface area (Å²) >= 11 is 5.87. The first kappa shape index (κ1) is 15.6. The average molecular weight is 313 g/mol. The molecule has 1 aliphatic rings. The Labute approximate surface area is 127 Å². The predicted octanol–water partition coefficient (Wildman–Crippen LogP) is 0.801. The number of aliphatic hydroxyl groups is 1. The Balaban J connectivity index is 2.26. The van der Waals surface area contributed by atoms with Crippen LogP contribution in [-0.2, 0) is 4.79 Å². The van der Waals surface area contributed by atoms with Crippen molar-refractivity contribution in [3.05, 3.63) is 28.8 Å². The zero-order valence-electron chi connectivity index (χ0n) is 11.6. The molecule has 7 heteroatoms. The number of carbonyl (C=O) groups is 2. The molecule has 0 aliphatic carbocycles. The standard InChI is InChI=1S/C14H17ClN2O4/c1-21-11-7-9(15)3-4-10(11)12(18)17-6-2-5-14(20,8-17)13(16)19/h3-4,7,20H,2,5-6,8H2,1H3,(H2,16,19)/t14-/m0/s1. The molecule has 0 spiro atoms. The van der Waals surface area contributed by atoms with Gasteiger partial charge in [-0.2, -0.15) is 0 Å². The topological polar surface area (TPSA) is 92.9 Å². The SMILES string of the molecule is COc1cc(Cl)ccc1C(=O)N1CCC[C@@](O)(C(N)=O)C1. The molecule has 0 aromatic heterocycles. The van der Waals surface area contributed by atoms with Crippen LogP contribution < -0.4 is 10.5 Å². The zero-order valence-corrected chi connectivity index (χ0v) is 12.4. The molecule has 1 saturated heterocycles. The number of halogens is 1. The lowest BCUT2D eigenvalue weighted by Gasteiger charge is -2.37. The van der Waals surface area contributed by atoms with Gasteiger partial charge in [0, 0.05) is 11.6 Å². The van der Waals surface area contributed by atoms with Crippen molar-refractivity contribution >= 4 is 23.4 Å². The Kier molecular flexibility index (Phi) is 4.39. The molecule has 0 bridgehead atoms. The van der Waals surface area contributed by atoms with Crippen LogP contribution >= 0.6 is 11.6 Å². The van der Waals surface area contributed by atoms with E-state index >= 15 is 0 Å². The quantitative estimate of drug-likeness (QED) is 0.863. The third-order valence-corrected chi connectivity index (χ3v) is 3.85. The molecule has 3 N–H and O–H groups in total. The van der Waals surface area contributed by atoms with Crippen LogP contribution in [-0.4, -0.2) is 47.6 Å². The van der Waals surface area contributed by atoms with E-state index in [0.29, 0.717) is 29.3 Å². The first-order valence-corrected chi connectivity index (χ1v) is 6.90. The number of carbonyl (C=O) groups excluding carboxylic acids is 2. The van der Waals surface area contributed by atoms with E-state index in [-0.39, 0.29) is 18.9 Å². The lowest BCUT2D eigenvalue weighted by Crippen LogP contribution is -2.57. The van der Waals surface area contributed by atoms with Crippen LogP contribution in [0.4, 0.5) is 0 Å². The summed E-state index contributed by atoms with van der Waals surface area (Å²) in [7, 11) is 1.44. The van der Waals surface area contributed by atoms with E-state index in [2.05, 4.69) is 0 Å². The maximum atomic E-state index is 12.5. The number of primary amides is 1. The monoisotopic (exact) mass is 312 g/mol. The van der Waals surface area contributed by atoms with Gasteiger partial charge in [0.15, 0.2) is 5.60 Å². The second-order valence-corrected chi connectivity index (χ2v) is 5.51. The summed E-state index contributed by atoms with van der Waals surface area (Å²) < 4.78 is 5.15. The van der Waals surface area contributed by atoms with E-state index in [1.165, 1.54) is 12.0 Å². The van der Waals surface area contributed by atoms with Crippen molar-refractivity contribution in [1.29, 1.82) is 0 Å². The van der Waals surface area contributed by atoms with Crippen LogP contribution in [0.3, 0.4) is 0 Å². The summed E-state index contributed by atoms with van der Waals surface area (Å²) in [5.74, 6) is -0.799. The van der Waals surface area contributed by atoms with E-state index < -0.39 is 11.5 Å². The highest BCUT2D eigenvalue weighted by atomic mass is 35.5. The van der Waals surface area contributed by atoms with Gasteiger partial charge >= 0.3 is 0 Å². The molecule has 2 rings (SSSR count). The Morgan fingerprint density at radius 1 is 1.48 bits per heavy atom.